The van der Waals surface area contributed by atoms with E-state index in [0.717, 1.165) is 0 Å². The van der Waals surface area contributed by atoms with Crippen LogP contribution in [0.2, 0.25) is 0 Å². The largest absolute Gasteiger partial charge is 0.468 e. The first-order valence-electron chi connectivity index (χ1n) is 4.14. The van der Waals surface area contributed by atoms with Gasteiger partial charge in [0.25, 0.3) is 5.91 Å². The minimum Gasteiger partial charge on any atom is -0.468 e. The van der Waals surface area contributed by atoms with Crippen molar-refractivity contribution in [3.63, 3.8) is 0 Å². The van der Waals surface area contributed by atoms with Crippen LogP contribution in [0.4, 0.5) is 0 Å². The number of carbonyl (C=O) groups excluding carboxylic acids is 2. The maximum Gasteiger partial charge on any atom is 0.325 e. The third-order valence-corrected chi connectivity index (χ3v) is 1.98. The third kappa shape index (κ3) is 3.25. The van der Waals surface area contributed by atoms with E-state index >= 15 is 0 Å². The highest BCUT2D eigenvalue weighted by Gasteiger charge is 2.17. The predicted molar refractivity (Wildman–Crippen MR) is 52.6 cm³/mol. The quantitative estimate of drug-likeness (QED) is 0.561. The molecule has 0 aromatic carbocycles. The normalized spacial score (nSPS) is 11.9. The molecule has 1 atom stereocenters. The lowest BCUT2D eigenvalue weighted by Crippen LogP contribution is -2.34. The average molecular weight is 232 g/mol. The third-order valence-electron chi connectivity index (χ3n) is 1.64. The van der Waals surface area contributed by atoms with Crippen LogP contribution in [-0.2, 0) is 9.53 Å². The summed E-state index contributed by atoms with van der Waals surface area (Å²) in [4.78, 5) is 22.2. The number of nitrogens with zero attached hydrogens (tertiary/aromatic N) is 1. The minimum absolute atomic E-state index is 0.00603. The summed E-state index contributed by atoms with van der Waals surface area (Å²) >= 11 is 5.62. The van der Waals surface area contributed by atoms with E-state index in [9.17, 15) is 9.59 Å². The number of carbonyl (C=O) groups is 2. The first-order chi connectivity index (χ1) is 7.15. The summed E-state index contributed by atoms with van der Waals surface area (Å²) in [6.07, 6.45) is 1.45. The lowest BCUT2D eigenvalue weighted by Gasteiger charge is -2.07. The standard InChI is InChI=1S/C8H10ClN3O3/c1-15-8(14)5(9)4-10-7(13)6-2-3-11-12-6/h2-3,5H,4H2,1H3,(H,10,13)(H,11,12). The van der Waals surface area contributed by atoms with Gasteiger partial charge in [0.05, 0.1) is 7.11 Å². The fraction of sp³-hybridized carbons (Fsp3) is 0.375. The van der Waals surface area contributed by atoms with Gasteiger partial charge in [0, 0.05) is 12.7 Å². The van der Waals surface area contributed by atoms with Crippen LogP contribution >= 0.6 is 11.6 Å². The maximum absolute atomic E-state index is 11.3. The number of halogens is 1. The molecule has 0 fully saturated rings. The van der Waals surface area contributed by atoms with E-state index in [1.54, 1.807) is 0 Å². The fourth-order valence-corrected chi connectivity index (χ4v) is 1.04. The molecule has 15 heavy (non-hydrogen) atoms. The number of amides is 1. The van der Waals surface area contributed by atoms with E-state index in [2.05, 4.69) is 20.3 Å². The number of hydrogen-bond donors (Lipinski definition) is 2. The highest BCUT2D eigenvalue weighted by atomic mass is 35.5. The number of alkyl halides is 1. The fourth-order valence-electron chi connectivity index (χ4n) is 0.871. The summed E-state index contributed by atoms with van der Waals surface area (Å²) in [6, 6.07) is 1.51. The van der Waals surface area contributed by atoms with Crippen molar-refractivity contribution in [1.29, 1.82) is 0 Å². The van der Waals surface area contributed by atoms with E-state index < -0.39 is 11.3 Å². The first-order valence-corrected chi connectivity index (χ1v) is 4.58. The molecule has 6 nitrogen and oxygen atoms in total. The van der Waals surface area contributed by atoms with Gasteiger partial charge in [-0.2, -0.15) is 5.10 Å². The second-order valence-corrected chi connectivity index (χ2v) is 3.20. The van der Waals surface area contributed by atoms with Gasteiger partial charge in [-0.05, 0) is 6.07 Å². The summed E-state index contributed by atoms with van der Waals surface area (Å²) < 4.78 is 4.39. The molecule has 2 N–H and O–H groups in total. The van der Waals surface area contributed by atoms with E-state index in [1.165, 1.54) is 19.4 Å². The highest BCUT2D eigenvalue weighted by Crippen LogP contribution is 1.97. The molecule has 0 radical (unpaired) electrons. The first kappa shape index (κ1) is 11.5. The maximum atomic E-state index is 11.3. The van der Waals surface area contributed by atoms with Crippen molar-refractivity contribution in [2.24, 2.45) is 0 Å². The second-order valence-electron chi connectivity index (χ2n) is 2.67. The Hall–Kier alpha value is -1.56. The Morgan fingerprint density at radius 3 is 3.00 bits per heavy atom. The van der Waals surface area contributed by atoms with Crippen LogP contribution in [0.25, 0.3) is 0 Å². The average Bonchev–Trinajstić information content (AvgIpc) is 2.77. The van der Waals surface area contributed by atoms with Crippen LogP contribution < -0.4 is 5.32 Å². The molecule has 0 bridgehead atoms. The SMILES string of the molecule is COC(=O)C(Cl)CNC(=O)c1ccn[nH]1. The van der Waals surface area contributed by atoms with Crippen molar-refractivity contribution in [3.05, 3.63) is 18.0 Å². The van der Waals surface area contributed by atoms with Gasteiger partial charge in [-0.1, -0.05) is 0 Å². The molecule has 0 aliphatic rings. The van der Waals surface area contributed by atoms with E-state index in [1.807, 2.05) is 0 Å². The summed E-state index contributed by atoms with van der Waals surface area (Å²) in [5.74, 6) is -0.955. The predicted octanol–water partition coefficient (Wildman–Crippen LogP) is -0.0801. The van der Waals surface area contributed by atoms with Gasteiger partial charge < -0.3 is 10.1 Å². The second kappa shape index (κ2) is 5.35. The number of aromatic amines is 1. The Morgan fingerprint density at radius 1 is 1.73 bits per heavy atom. The number of nitrogens with one attached hydrogen (secondary N) is 2. The van der Waals surface area contributed by atoms with Crippen LogP contribution in [0.1, 0.15) is 10.5 Å². The number of H-pyrrole nitrogens is 1. The number of ether oxygens (including phenoxy) is 1. The van der Waals surface area contributed by atoms with Crippen molar-refractivity contribution in [3.8, 4) is 0 Å². The van der Waals surface area contributed by atoms with Crippen molar-refractivity contribution in [1.82, 2.24) is 15.5 Å². The smallest absolute Gasteiger partial charge is 0.325 e. The molecular weight excluding hydrogens is 222 g/mol. The van der Waals surface area contributed by atoms with Gasteiger partial charge >= 0.3 is 5.97 Å². The zero-order valence-corrected chi connectivity index (χ0v) is 8.75. The molecule has 0 spiro atoms. The van der Waals surface area contributed by atoms with Crippen LogP contribution in [0.15, 0.2) is 12.3 Å². The molecule has 0 aliphatic heterocycles. The Balaban J connectivity index is 2.38. The molecule has 82 valence electrons. The van der Waals surface area contributed by atoms with Gasteiger partial charge in [0.15, 0.2) is 0 Å². The van der Waals surface area contributed by atoms with Crippen molar-refractivity contribution in [2.75, 3.05) is 13.7 Å². The highest BCUT2D eigenvalue weighted by molar-refractivity contribution is 6.30. The molecule has 0 saturated heterocycles. The molecule has 1 amide bonds. The molecule has 1 aromatic rings. The number of aromatic nitrogens is 2. The lowest BCUT2D eigenvalue weighted by molar-refractivity contribution is -0.140. The van der Waals surface area contributed by atoms with Gasteiger partial charge in [-0.15, -0.1) is 11.6 Å². The molecule has 1 aromatic heterocycles. The summed E-state index contributed by atoms with van der Waals surface area (Å²) in [5.41, 5.74) is 0.309. The number of hydrogen-bond acceptors (Lipinski definition) is 4. The molecular formula is C8H10ClN3O3. The Kier molecular flexibility index (Phi) is 4.11. The van der Waals surface area contributed by atoms with Crippen LogP contribution in [-0.4, -0.2) is 41.1 Å². The van der Waals surface area contributed by atoms with E-state index in [-0.39, 0.29) is 12.5 Å². The Morgan fingerprint density at radius 2 is 2.47 bits per heavy atom. The van der Waals surface area contributed by atoms with E-state index in [0.29, 0.717) is 5.69 Å². The van der Waals surface area contributed by atoms with Gasteiger partial charge in [0.1, 0.15) is 11.1 Å². The number of methoxy groups -OCH3 is 1. The number of esters is 1. The summed E-state index contributed by atoms with van der Waals surface area (Å²) in [6.45, 7) is 0.00603. The van der Waals surface area contributed by atoms with Crippen molar-refractivity contribution in [2.45, 2.75) is 5.38 Å². The van der Waals surface area contributed by atoms with Crippen molar-refractivity contribution >= 4 is 23.5 Å². The summed E-state index contributed by atoms with van der Waals surface area (Å²) in [7, 11) is 1.23. The molecule has 1 heterocycles. The lowest BCUT2D eigenvalue weighted by atomic mass is 10.3. The molecule has 1 rings (SSSR count). The summed E-state index contributed by atoms with van der Waals surface area (Å²) in [5, 5.41) is 7.66. The van der Waals surface area contributed by atoms with Gasteiger partial charge in [-0.25, -0.2) is 0 Å². The zero-order chi connectivity index (χ0) is 11.3. The van der Waals surface area contributed by atoms with Gasteiger partial charge in [-0.3, -0.25) is 14.7 Å². The van der Waals surface area contributed by atoms with E-state index in [4.69, 9.17) is 11.6 Å². The van der Waals surface area contributed by atoms with Crippen molar-refractivity contribution < 1.29 is 14.3 Å². The van der Waals surface area contributed by atoms with Crippen LogP contribution in [0.5, 0.6) is 0 Å². The van der Waals surface area contributed by atoms with Crippen LogP contribution in [0, 0.1) is 0 Å². The number of rotatable bonds is 4. The molecule has 7 heteroatoms. The minimum atomic E-state index is -0.887. The Bertz CT molecular complexity index is 339. The molecule has 0 saturated carbocycles. The monoisotopic (exact) mass is 231 g/mol. The zero-order valence-electron chi connectivity index (χ0n) is 7.99. The molecule has 1 unspecified atom stereocenters. The Labute approximate surface area is 90.9 Å². The van der Waals surface area contributed by atoms with Crippen LogP contribution in [0.3, 0.4) is 0 Å². The molecule has 0 aliphatic carbocycles. The topological polar surface area (TPSA) is 84.1 Å². The van der Waals surface area contributed by atoms with Gasteiger partial charge in [0.2, 0.25) is 0 Å².